The highest BCUT2D eigenvalue weighted by Gasteiger charge is 2.31. The van der Waals surface area contributed by atoms with E-state index in [9.17, 15) is 4.79 Å². The first-order valence-electron chi connectivity index (χ1n) is 7.73. The highest BCUT2D eigenvalue weighted by molar-refractivity contribution is 8.26. The van der Waals surface area contributed by atoms with Crippen LogP contribution in [0.15, 0.2) is 58.5 Å². The van der Waals surface area contributed by atoms with E-state index in [0.29, 0.717) is 14.2 Å². The molecule has 0 saturated carbocycles. The van der Waals surface area contributed by atoms with Gasteiger partial charge in [-0.3, -0.25) is 4.79 Å². The van der Waals surface area contributed by atoms with Crippen molar-refractivity contribution in [1.82, 2.24) is 5.01 Å². The lowest BCUT2D eigenvalue weighted by Crippen LogP contribution is -2.22. The molecule has 0 atom stereocenters. The normalized spacial score (nSPS) is 16.4. The molecule has 25 heavy (non-hydrogen) atoms. The molecule has 0 unspecified atom stereocenters. The van der Waals surface area contributed by atoms with E-state index in [1.807, 2.05) is 36.4 Å². The second-order valence-corrected chi connectivity index (χ2v) is 7.50. The van der Waals surface area contributed by atoms with Crippen molar-refractivity contribution in [3.05, 3.63) is 75.1 Å². The van der Waals surface area contributed by atoms with Crippen molar-refractivity contribution < 1.29 is 4.79 Å². The minimum Gasteiger partial charge on any atom is -0.266 e. The maximum Gasteiger partial charge on any atom is 0.286 e. The molecule has 1 saturated heterocycles. The number of hydrazone groups is 1. The molecule has 1 fully saturated rings. The van der Waals surface area contributed by atoms with Crippen LogP contribution in [0, 0.1) is 0 Å². The number of rotatable bonds is 4. The van der Waals surface area contributed by atoms with Gasteiger partial charge in [0.25, 0.3) is 5.91 Å². The SMILES string of the molecule is CCc1ccc(/C=N/N2C(=O)/C(=C\c3ccc(Cl)cc3)SC2=S)cc1. The van der Waals surface area contributed by atoms with Crippen LogP contribution in [0.1, 0.15) is 23.6 Å². The number of nitrogens with zero attached hydrogens (tertiary/aromatic N) is 2. The van der Waals surface area contributed by atoms with E-state index in [1.165, 1.54) is 22.3 Å². The molecule has 3 rings (SSSR count). The average Bonchev–Trinajstić information content (AvgIpc) is 2.89. The smallest absolute Gasteiger partial charge is 0.266 e. The van der Waals surface area contributed by atoms with Crippen LogP contribution in [0.3, 0.4) is 0 Å². The molecule has 0 aromatic heterocycles. The summed E-state index contributed by atoms with van der Waals surface area (Å²) in [6.45, 7) is 2.11. The van der Waals surface area contributed by atoms with E-state index in [0.717, 1.165) is 17.5 Å². The Morgan fingerprint density at radius 3 is 2.40 bits per heavy atom. The molecule has 6 heteroatoms. The molecule has 2 aromatic carbocycles. The molecule has 126 valence electrons. The van der Waals surface area contributed by atoms with Gasteiger partial charge < -0.3 is 0 Å². The number of hydrogen-bond acceptors (Lipinski definition) is 4. The van der Waals surface area contributed by atoms with Crippen molar-refractivity contribution >= 4 is 58.1 Å². The Kier molecular flexibility index (Phi) is 5.68. The highest BCUT2D eigenvalue weighted by Crippen LogP contribution is 2.32. The van der Waals surface area contributed by atoms with E-state index in [-0.39, 0.29) is 5.91 Å². The van der Waals surface area contributed by atoms with Crippen LogP contribution >= 0.6 is 35.6 Å². The Morgan fingerprint density at radius 2 is 1.76 bits per heavy atom. The minimum atomic E-state index is -0.216. The first-order valence-corrected chi connectivity index (χ1v) is 9.33. The van der Waals surface area contributed by atoms with Crippen molar-refractivity contribution in [1.29, 1.82) is 0 Å². The number of aryl methyl sites for hydroxylation is 1. The van der Waals surface area contributed by atoms with Gasteiger partial charge in [-0.15, -0.1) is 0 Å². The fraction of sp³-hybridized carbons (Fsp3) is 0.105. The lowest BCUT2D eigenvalue weighted by atomic mass is 10.1. The van der Waals surface area contributed by atoms with Crippen LogP contribution in [0.4, 0.5) is 0 Å². The van der Waals surface area contributed by atoms with Crippen LogP contribution in [0.5, 0.6) is 0 Å². The number of thioether (sulfide) groups is 1. The highest BCUT2D eigenvalue weighted by atomic mass is 35.5. The quantitative estimate of drug-likeness (QED) is 0.414. The Balaban J connectivity index is 1.76. The maximum atomic E-state index is 12.5. The van der Waals surface area contributed by atoms with Crippen molar-refractivity contribution in [2.24, 2.45) is 5.10 Å². The molecule has 1 aliphatic rings. The molecule has 0 N–H and O–H groups in total. The average molecular weight is 387 g/mol. The number of thiocarbonyl (C=S) groups is 1. The maximum absolute atomic E-state index is 12.5. The lowest BCUT2D eigenvalue weighted by Gasteiger charge is -2.06. The van der Waals surface area contributed by atoms with Crippen molar-refractivity contribution in [3.8, 4) is 0 Å². The van der Waals surface area contributed by atoms with Gasteiger partial charge in [-0.1, -0.05) is 66.7 Å². The molecule has 1 amide bonds. The number of carbonyl (C=O) groups excluding carboxylic acids is 1. The van der Waals surface area contributed by atoms with Crippen molar-refractivity contribution in [3.63, 3.8) is 0 Å². The van der Waals surface area contributed by atoms with Crippen molar-refractivity contribution in [2.45, 2.75) is 13.3 Å². The fourth-order valence-corrected chi connectivity index (χ4v) is 3.53. The Bertz CT molecular complexity index is 858. The predicted molar refractivity (Wildman–Crippen MR) is 110 cm³/mol. The molecule has 0 aliphatic carbocycles. The molecule has 1 aliphatic heterocycles. The summed E-state index contributed by atoms with van der Waals surface area (Å²) in [6, 6.07) is 15.3. The van der Waals surface area contributed by atoms with E-state index >= 15 is 0 Å². The van der Waals surface area contributed by atoms with Crippen LogP contribution in [-0.4, -0.2) is 21.5 Å². The molecule has 0 radical (unpaired) electrons. The van der Waals surface area contributed by atoms with Crippen LogP contribution in [0.25, 0.3) is 6.08 Å². The lowest BCUT2D eigenvalue weighted by molar-refractivity contribution is -0.122. The number of benzene rings is 2. The van der Waals surface area contributed by atoms with Gasteiger partial charge in [-0.25, -0.2) is 0 Å². The summed E-state index contributed by atoms with van der Waals surface area (Å²) in [4.78, 5) is 13.1. The molecular formula is C19H15ClN2OS2. The van der Waals surface area contributed by atoms with Crippen molar-refractivity contribution in [2.75, 3.05) is 0 Å². The molecule has 3 nitrogen and oxygen atoms in total. The van der Waals surface area contributed by atoms with Crippen LogP contribution in [0.2, 0.25) is 5.02 Å². The fourth-order valence-electron chi connectivity index (χ4n) is 2.23. The van der Waals surface area contributed by atoms with Gasteiger partial charge in [0.15, 0.2) is 4.32 Å². The Hall–Kier alpha value is -1.95. The zero-order valence-corrected chi connectivity index (χ0v) is 15.9. The van der Waals surface area contributed by atoms with E-state index < -0.39 is 0 Å². The third kappa shape index (κ3) is 4.37. The number of carbonyl (C=O) groups is 1. The molecule has 1 heterocycles. The Labute approximate surface area is 161 Å². The van der Waals surface area contributed by atoms with E-state index in [2.05, 4.69) is 12.0 Å². The molecule has 0 spiro atoms. The predicted octanol–water partition coefficient (Wildman–Crippen LogP) is 5.14. The van der Waals surface area contributed by atoms with Gasteiger partial charge in [0, 0.05) is 5.02 Å². The zero-order chi connectivity index (χ0) is 17.8. The van der Waals surface area contributed by atoms with Crippen LogP contribution < -0.4 is 0 Å². The summed E-state index contributed by atoms with van der Waals surface area (Å²) in [6.07, 6.45) is 4.43. The summed E-state index contributed by atoms with van der Waals surface area (Å²) in [5.74, 6) is -0.216. The van der Waals surface area contributed by atoms with Gasteiger partial charge in [0.1, 0.15) is 0 Å². The summed E-state index contributed by atoms with van der Waals surface area (Å²) in [5, 5.41) is 6.17. The third-order valence-electron chi connectivity index (χ3n) is 3.65. The number of halogens is 1. The third-order valence-corrected chi connectivity index (χ3v) is 5.19. The number of amides is 1. The minimum absolute atomic E-state index is 0.216. The molecule has 2 aromatic rings. The summed E-state index contributed by atoms with van der Waals surface area (Å²) >= 11 is 12.4. The topological polar surface area (TPSA) is 32.7 Å². The Morgan fingerprint density at radius 1 is 1.12 bits per heavy atom. The van der Waals surface area contributed by atoms with Gasteiger partial charge in [-0.2, -0.15) is 10.1 Å². The monoisotopic (exact) mass is 386 g/mol. The summed E-state index contributed by atoms with van der Waals surface area (Å²) in [7, 11) is 0. The standard InChI is InChI=1S/C19H15ClN2OS2/c1-2-13-3-5-15(6-4-13)12-21-22-18(23)17(25-19(22)24)11-14-7-9-16(20)10-8-14/h3-12H,2H2,1H3/b17-11+,21-12+. The summed E-state index contributed by atoms with van der Waals surface area (Å²) in [5.41, 5.74) is 3.07. The van der Waals surface area contributed by atoms with E-state index in [4.69, 9.17) is 23.8 Å². The van der Waals surface area contributed by atoms with Crippen LogP contribution in [-0.2, 0) is 11.2 Å². The zero-order valence-electron chi connectivity index (χ0n) is 13.5. The second kappa shape index (κ2) is 7.95. The second-order valence-electron chi connectivity index (χ2n) is 5.38. The van der Waals surface area contributed by atoms with E-state index in [1.54, 1.807) is 24.4 Å². The van der Waals surface area contributed by atoms with Gasteiger partial charge >= 0.3 is 0 Å². The summed E-state index contributed by atoms with van der Waals surface area (Å²) < 4.78 is 0.423. The van der Waals surface area contributed by atoms with Gasteiger partial charge in [0.2, 0.25) is 0 Å². The van der Waals surface area contributed by atoms with Gasteiger partial charge in [0.05, 0.1) is 11.1 Å². The largest absolute Gasteiger partial charge is 0.286 e. The number of hydrogen-bond donors (Lipinski definition) is 0. The molecule has 0 bridgehead atoms. The molecular weight excluding hydrogens is 372 g/mol. The first kappa shape index (κ1) is 17.9. The van der Waals surface area contributed by atoms with Gasteiger partial charge in [-0.05, 0) is 53.5 Å². The first-order chi connectivity index (χ1) is 12.1.